The van der Waals surface area contributed by atoms with Crippen LogP contribution in [0.25, 0.3) is 0 Å². The molecule has 0 atom stereocenters. The summed E-state index contributed by atoms with van der Waals surface area (Å²) in [5.41, 5.74) is 6.01. The van der Waals surface area contributed by atoms with E-state index in [1.807, 2.05) is 0 Å². The van der Waals surface area contributed by atoms with Crippen LogP contribution in [0.1, 0.15) is 6.92 Å². The van der Waals surface area contributed by atoms with Gasteiger partial charge in [-0.3, -0.25) is 0 Å². The van der Waals surface area contributed by atoms with E-state index in [0.717, 1.165) is 0 Å². The predicted molar refractivity (Wildman–Crippen MR) is 16.8 cm³/mol. The number of hydrogen-bond donors (Lipinski definition) is 1. The summed E-state index contributed by atoms with van der Waals surface area (Å²) in [6.45, 7) is 2.27. The Kier molecular flexibility index (Phi) is 2.99. The lowest BCUT2D eigenvalue weighted by molar-refractivity contribution is 0.130. The molecular formula is C2H6N2O. The average Bonchev–Trinajstić information content (AvgIpc) is 1.41. The summed E-state index contributed by atoms with van der Waals surface area (Å²) < 4.78 is 0. The Morgan fingerprint density at radius 1 is 2.00 bits per heavy atom. The van der Waals surface area contributed by atoms with Crippen molar-refractivity contribution < 1.29 is 4.84 Å². The van der Waals surface area contributed by atoms with Gasteiger partial charge in [-0.05, 0) is 6.92 Å². The highest BCUT2D eigenvalue weighted by Gasteiger charge is 1.58. The Morgan fingerprint density at radius 3 is 2.60 bits per heavy atom. The van der Waals surface area contributed by atoms with Gasteiger partial charge in [0.15, 0.2) is 0 Å². The molecule has 3 nitrogen and oxygen atoms in total. The van der Waals surface area contributed by atoms with Crippen molar-refractivity contribution in [3.8, 4) is 0 Å². The average molecular weight is 74.1 g/mol. The largest absolute Gasteiger partial charge is 0.380 e. The van der Waals surface area contributed by atoms with E-state index in [4.69, 9.17) is 5.53 Å². The predicted octanol–water partition coefficient (Wildman–Crippen LogP) is 0.969. The van der Waals surface area contributed by atoms with Crippen LogP contribution >= 0.6 is 0 Å². The molecule has 1 N–H and O–H groups in total. The van der Waals surface area contributed by atoms with Crippen LogP contribution in [0.2, 0.25) is 0 Å². The molecule has 0 aliphatic carbocycles. The van der Waals surface area contributed by atoms with Gasteiger partial charge in [0.2, 0.25) is 0 Å². The molecule has 0 rings (SSSR count). The molecule has 0 radical (unpaired) electrons. The van der Waals surface area contributed by atoms with E-state index < -0.39 is 0 Å². The van der Waals surface area contributed by atoms with Crippen molar-refractivity contribution in [1.82, 2.24) is 0 Å². The third-order valence-corrected chi connectivity index (χ3v) is 0.194. The molecule has 0 saturated heterocycles. The van der Waals surface area contributed by atoms with Gasteiger partial charge in [0, 0.05) is 5.28 Å². The minimum atomic E-state index is 0.490. The van der Waals surface area contributed by atoms with Crippen LogP contribution in [0.5, 0.6) is 0 Å². The van der Waals surface area contributed by atoms with Crippen LogP contribution in [-0.2, 0) is 4.84 Å². The number of hydrogen-bond acceptors (Lipinski definition) is 3. The molecule has 0 fully saturated rings. The molecule has 0 aromatic heterocycles. The highest BCUT2D eigenvalue weighted by Crippen LogP contribution is 1.65. The van der Waals surface area contributed by atoms with Crippen LogP contribution in [0, 0.1) is 5.53 Å². The van der Waals surface area contributed by atoms with E-state index in [1.165, 1.54) is 0 Å². The quantitative estimate of drug-likeness (QED) is 0.385. The summed E-state index contributed by atoms with van der Waals surface area (Å²) in [6.07, 6.45) is 0. The molecule has 0 heterocycles. The van der Waals surface area contributed by atoms with Gasteiger partial charge >= 0.3 is 0 Å². The van der Waals surface area contributed by atoms with Crippen molar-refractivity contribution in [3.05, 3.63) is 0 Å². The number of rotatable bonds is 2. The first-order chi connectivity index (χ1) is 2.41. The van der Waals surface area contributed by atoms with Crippen molar-refractivity contribution in [2.75, 3.05) is 6.61 Å². The molecule has 0 saturated carbocycles. The summed E-state index contributed by atoms with van der Waals surface area (Å²) in [5.74, 6) is 0. The van der Waals surface area contributed by atoms with E-state index in [9.17, 15) is 0 Å². The van der Waals surface area contributed by atoms with Crippen LogP contribution in [0.3, 0.4) is 0 Å². The highest BCUT2D eigenvalue weighted by atomic mass is 16.6. The van der Waals surface area contributed by atoms with Crippen LogP contribution in [0.4, 0.5) is 0 Å². The lowest BCUT2D eigenvalue weighted by atomic mass is 10.9. The molecule has 5 heavy (non-hydrogen) atoms. The molecule has 0 aliphatic rings. The van der Waals surface area contributed by atoms with Gasteiger partial charge in [0.05, 0.1) is 0 Å². The Bertz CT molecular complexity index is 28.8. The Hall–Kier alpha value is -0.600. The summed E-state index contributed by atoms with van der Waals surface area (Å²) >= 11 is 0. The highest BCUT2D eigenvalue weighted by molar-refractivity contribution is 3.94. The molecule has 0 amide bonds. The second-order valence-corrected chi connectivity index (χ2v) is 0.509. The normalized spacial score (nSPS) is 6.60. The zero-order chi connectivity index (χ0) is 4.12. The minimum Gasteiger partial charge on any atom is -0.380 e. The first kappa shape index (κ1) is 4.40. The fraction of sp³-hybridized carbons (Fsp3) is 1.00. The van der Waals surface area contributed by atoms with Crippen molar-refractivity contribution >= 4 is 0 Å². The Labute approximate surface area is 30.4 Å². The number of nitrogens with zero attached hydrogens (tertiary/aromatic N) is 1. The minimum absolute atomic E-state index is 0.490. The molecule has 0 aromatic rings. The van der Waals surface area contributed by atoms with Crippen molar-refractivity contribution in [3.63, 3.8) is 0 Å². The molecule has 0 spiro atoms. The van der Waals surface area contributed by atoms with Crippen LogP contribution in [-0.4, -0.2) is 6.61 Å². The van der Waals surface area contributed by atoms with Crippen molar-refractivity contribution in [2.24, 2.45) is 5.28 Å². The summed E-state index contributed by atoms with van der Waals surface area (Å²) in [4.78, 5) is 4.12. The van der Waals surface area contributed by atoms with Gasteiger partial charge in [-0.15, -0.1) is 0 Å². The maximum absolute atomic E-state index is 6.01. The van der Waals surface area contributed by atoms with Gasteiger partial charge in [-0.2, -0.15) is 5.53 Å². The van der Waals surface area contributed by atoms with Gasteiger partial charge in [0.25, 0.3) is 0 Å². The van der Waals surface area contributed by atoms with Gasteiger partial charge in [0.1, 0.15) is 6.61 Å². The standard InChI is InChI=1S/C2H6N2O/c1-2-5-4-3/h3H,2H2,1H3. The smallest absolute Gasteiger partial charge is 0.116 e. The fourth-order valence-corrected chi connectivity index (χ4v) is 0.0645. The molecule has 0 aromatic carbocycles. The third-order valence-electron chi connectivity index (χ3n) is 0.194. The maximum atomic E-state index is 6.01. The molecule has 0 unspecified atom stereocenters. The molecule has 3 heteroatoms. The van der Waals surface area contributed by atoms with Crippen molar-refractivity contribution in [2.45, 2.75) is 6.92 Å². The zero-order valence-electron chi connectivity index (χ0n) is 3.06. The van der Waals surface area contributed by atoms with Gasteiger partial charge in [-0.25, -0.2) is 0 Å². The Balaban J connectivity index is 2.40. The topological polar surface area (TPSA) is 45.4 Å². The second-order valence-electron chi connectivity index (χ2n) is 0.509. The van der Waals surface area contributed by atoms with Crippen LogP contribution < -0.4 is 0 Å². The lowest BCUT2D eigenvalue weighted by Gasteiger charge is -1.79. The summed E-state index contributed by atoms with van der Waals surface area (Å²) in [6, 6.07) is 0. The SMILES string of the molecule is CCON=N. The fourth-order valence-electron chi connectivity index (χ4n) is 0.0645. The lowest BCUT2D eigenvalue weighted by Crippen LogP contribution is -1.71. The zero-order valence-corrected chi connectivity index (χ0v) is 3.06. The first-order valence-corrected chi connectivity index (χ1v) is 1.40. The molecule has 0 aliphatic heterocycles. The molecule has 0 bridgehead atoms. The van der Waals surface area contributed by atoms with Crippen LogP contribution in [0.15, 0.2) is 5.28 Å². The summed E-state index contributed by atoms with van der Waals surface area (Å²) in [5, 5.41) is 2.60. The van der Waals surface area contributed by atoms with E-state index in [-0.39, 0.29) is 0 Å². The second kappa shape index (κ2) is 3.40. The Morgan fingerprint density at radius 2 is 2.60 bits per heavy atom. The van der Waals surface area contributed by atoms with Gasteiger partial charge in [-0.1, -0.05) is 0 Å². The molecule has 30 valence electrons. The molecular weight excluding hydrogens is 68.0 g/mol. The van der Waals surface area contributed by atoms with Gasteiger partial charge < -0.3 is 4.84 Å². The van der Waals surface area contributed by atoms with E-state index in [2.05, 4.69) is 10.1 Å². The van der Waals surface area contributed by atoms with E-state index >= 15 is 0 Å². The maximum Gasteiger partial charge on any atom is 0.116 e. The third kappa shape index (κ3) is 3.40. The first-order valence-electron chi connectivity index (χ1n) is 1.40. The number of nitrogens with one attached hydrogen (secondary N) is 1. The summed E-state index contributed by atoms with van der Waals surface area (Å²) in [7, 11) is 0. The monoisotopic (exact) mass is 74.0 g/mol. The van der Waals surface area contributed by atoms with E-state index in [1.54, 1.807) is 6.92 Å². The van der Waals surface area contributed by atoms with Crippen molar-refractivity contribution in [1.29, 1.82) is 5.53 Å². The van der Waals surface area contributed by atoms with E-state index in [0.29, 0.717) is 6.61 Å².